The second-order valence-electron chi connectivity index (χ2n) is 6.30. The third-order valence-electron chi connectivity index (χ3n) is 4.06. The van der Waals surface area contributed by atoms with E-state index in [9.17, 15) is 4.79 Å². The van der Waals surface area contributed by atoms with Crippen LogP contribution in [-0.2, 0) is 4.79 Å². The first-order chi connectivity index (χ1) is 9.93. The molecule has 1 saturated heterocycles. The number of hydrogen-bond donors (Lipinski definition) is 1. The number of likely N-dealkylation sites (N-methyl/N-ethyl adjacent to an activating group) is 1. The number of nitrogens with one attached hydrogen (secondary N) is 1. The van der Waals surface area contributed by atoms with Gasteiger partial charge in [0.1, 0.15) is 6.17 Å². The minimum absolute atomic E-state index is 0.0164. The van der Waals surface area contributed by atoms with Gasteiger partial charge in [0.15, 0.2) is 0 Å². The van der Waals surface area contributed by atoms with Crippen LogP contribution < -0.4 is 5.32 Å². The maximum atomic E-state index is 12.7. The molecule has 116 valence electrons. The van der Waals surface area contributed by atoms with Crippen LogP contribution in [0.4, 0.5) is 0 Å². The van der Waals surface area contributed by atoms with E-state index in [-0.39, 0.29) is 24.2 Å². The predicted molar refractivity (Wildman–Crippen MR) is 86.0 cm³/mol. The van der Waals surface area contributed by atoms with Gasteiger partial charge in [0.05, 0.1) is 6.04 Å². The summed E-state index contributed by atoms with van der Waals surface area (Å²) in [7, 11) is 4.09. The van der Waals surface area contributed by atoms with Crippen LogP contribution >= 0.6 is 0 Å². The molecular weight excluding hydrogens is 262 g/mol. The Morgan fingerprint density at radius 1 is 1.38 bits per heavy atom. The summed E-state index contributed by atoms with van der Waals surface area (Å²) in [5, 5.41) is 3.50. The molecule has 3 unspecified atom stereocenters. The fraction of sp³-hybridized carbons (Fsp3) is 0.588. The van der Waals surface area contributed by atoms with Gasteiger partial charge in [-0.3, -0.25) is 10.1 Å². The quantitative estimate of drug-likeness (QED) is 0.902. The van der Waals surface area contributed by atoms with Crippen LogP contribution in [0.5, 0.6) is 0 Å². The van der Waals surface area contributed by atoms with Crippen LogP contribution in [0.25, 0.3) is 0 Å². The van der Waals surface area contributed by atoms with Crippen molar-refractivity contribution in [1.82, 2.24) is 15.1 Å². The van der Waals surface area contributed by atoms with Crippen molar-refractivity contribution in [2.45, 2.75) is 45.4 Å². The van der Waals surface area contributed by atoms with Crippen LogP contribution in [0.15, 0.2) is 24.3 Å². The molecule has 0 aromatic heterocycles. The summed E-state index contributed by atoms with van der Waals surface area (Å²) in [6, 6.07) is 8.53. The monoisotopic (exact) mass is 289 g/mol. The molecule has 1 aliphatic heterocycles. The summed E-state index contributed by atoms with van der Waals surface area (Å²) >= 11 is 0. The number of carbonyl (C=O) groups is 1. The Morgan fingerprint density at radius 2 is 2.10 bits per heavy atom. The Labute approximate surface area is 128 Å². The number of nitrogens with zero attached hydrogens (tertiary/aromatic N) is 2. The molecule has 1 heterocycles. The number of rotatable bonds is 5. The standard InChI is InChI=1S/C17H27N3O/c1-6-15-17(21)20(13(3)11-19(4)5)16(18-15)14-9-7-8-12(2)10-14/h7-10,13,15-16,18H,6,11H2,1-5H3. The van der Waals surface area contributed by atoms with Crippen molar-refractivity contribution in [1.29, 1.82) is 0 Å². The van der Waals surface area contributed by atoms with Crippen molar-refractivity contribution in [2.75, 3.05) is 20.6 Å². The Morgan fingerprint density at radius 3 is 2.67 bits per heavy atom. The molecule has 1 fully saturated rings. The topological polar surface area (TPSA) is 35.6 Å². The van der Waals surface area contributed by atoms with E-state index in [2.05, 4.69) is 55.3 Å². The number of carbonyl (C=O) groups excluding carboxylic acids is 1. The lowest BCUT2D eigenvalue weighted by Crippen LogP contribution is -2.43. The first kappa shape index (κ1) is 16.0. The van der Waals surface area contributed by atoms with Gasteiger partial charge in [0.25, 0.3) is 0 Å². The number of aryl methyl sites for hydroxylation is 1. The average Bonchev–Trinajstić information content (AvgIpc) is 2.75. The van der Waals surface area contributed by atoms with E-state index in [1.807, 2.05) is 19.0 Å². The van der Waals surface area contributed by atoms with Gasteiger partial charge >= 0.3 is 0 Å². The minimum Gasteiger partial charge on any atom is -0.318 e. The van der Waals surface area contributed by atoms with Gasteiger partial charge in [-0.15, -0.1) is 0 Å². The zero-order valence-corrected chi connectivity index (χ0v) is 13.8. The Balaban J connectivity index is 2.30. The van der Waals surface area contributed by atoms with Gasteiger partial charge in [-0.25, -0.2) is 0 Å². The second-order valence-corrected chi connectivity index (χ2v) is 6.30. The molecule has 0 bridgehead atoms. The van der Waals surface area contributed by atoms with Gasteiger partial charge in [-0.2, -0.15) is 0 Å². The zero-order chi connectivity index (χ0) is 15.6. The summed E-state index contributed by atoms with van der Waals surface area (Å²) in [6.45, 7) is 7.14. The molecule has 1 aromatic rings. The maximum Gasteiger partial charge on any atom is 0.241 e. The average molecular weight is 289 g/mol. The molecule has 1 aromatic carbocycles. The molecule has 0 radical (unpaired) electrons. The first-order valence-corrected chi connectivity index (χ1v) is 7.73. The van der Waals surface area contributed by atoms with Crippen molar-refractivity contribution in [3.63, 3.8) is 0 Å². The highest BCUT2D eigenvalue weighted by Gasteiger charge is 2.41. The van der Waals surface area contributed by atoms with E-state index in [0.717, 1.165) is 13.0 Å². The smallest absolute Gasteiger partial charge is 0.241 e. The Hall–Kier alpha value is -1.39. The number of benzene rings is 1. The van der Waals surface area contributed by atoms with Gasteiger partial charge in [-0.05, 0) is 39.9 Å². The van der Waals surface area contributed by atoms with Crippen LogP contribution in [0.3, 0.4) is 0 Å². The molecular formula is C17H27N3O. The van der Waals surface area contributed by atoms with Gasteiger partial charge in [-0.1, -0.05) is 36.8 Å². The van der Waals surface area contributed by atoms with Crippen molar-refractivity contribution >= 4 is 5.91 Å². The highest BCUT2D eigenvalue weighted by atomic mass is 16.2. The molecule has 1 aliphatic rings. The summed E-state index contributed by atoms with van der Waals surface area (Å²) < 4.78 is 0. The lowest BCUT2D eigenvalue weighted by molar-refractivity contribution is -0.132. The Bertz CT molecular complexity index is 501. The normalized spacial score (nSPS) is 23.9. The second kappa shape index (κ2) is 6.58. The molecule has 2 rings (SSSR count). The van der Waals surface area contributed by atoms with E-state index in [4.69, 9.17) is 0 Å². The van der Waals surface area contributed by atoms with Crippen LogP contribution in [0.1, 0.15) is 37.6 Å². The SMILES string of the molecule is CCC1NC(c2cccc(C)c2)N(C(C)CN(C)C)C1=O. The third-order valence-corrected chi connectivity index (χ3v) is 4.06. The fourth-order valence-electron chi connectivity index (χ4n) is 3.13. The van der Waals surface area contributed by atoms with Crippen LogP contribution in [0, 0.1) is 6.92 Å². The summed E-state index contributed by atoms with van der Waals surface area (Å²) in [4.78, 5) is 16.8. The van der Waals surface area contributed by atoms with Crippen LogP contribution in [-0.4, -0.2) is 48.4 Å². The van der Waals surface area contributed by atoms with E-state index >= 15 is 0 Å². The van der Waals surface area contributed by atoms with Crippen LogP contribution in [0.2, 0.25) is 0 Å². The highest BCUT2D eigenvalue weighted by Crippen LogP contribution is 2.29. The van der Waals surface area contributed by atoms with E-state index in [1.54, 1.807) is 0 Å². The zero-order valence-electron chi connectivity index (χ0n) is 13.8. The first-order valence-electron chi connectivity index (χ1n) is 7.73. The number of amides is 1. The third kappa shape index (κ3) is 3.44. The molecule has 4 heteroatoms. The van der Waals surface area contributed by atoms with Gasteiger partial charge in [0.2, 0.25) is 5.91 Å². The molecule has 0 saturated carbocycles. The van der Waals surface area contributed by atoms with Crippen molar-refractivity contribution in [3.05, 3.63) is 35.4 Å². The van der Waals surface area contributed by atoms with Gasteiger partial charge in [0, 0.05) is 12.6 Å². The fourth-order valence-corrected chi connectivity index (χ4v) is 3.13. The highest BCUT2D eigenvalue weighted by molar-refractivity contribution is 5.84. The minimum atomic E-state index is -0.0693. The molecule has 21 heavy (non-hydrogen) atoms. The lowest BCUT2D eigenvalue weighted by atomic mass is 10.1. The summed E-state index contributed by atoms with van der Waals surface area (Å²) in [5.41, 5.74) is 2.40. The Kier molecular flexibility index (Phi) is 5.01. The maximum absolute atomic E-state index is 12.7. The van der Waals surface area contributed by atoms with Crippen molar-refractivity contribution in [3.8, 4) is 0 Å². The molecule has 0 aliphatic carbocycles. The summed E-state index contributed by atoms with van der Waals surface area (Å²) in [6.07, 6.45) is 0.809. The van der Waals surface area contributed by atoms with E-state index in [0.29, 0.717) is 0 Å². The molecule has 4 nitrogen and oxygen atoms in total. The molecule has 1 N–H and O–H groups in total. The largest absolute Gasteiger partial charge is 0.318 e. The van der Waals surface area contributed by atoms with Crippen molar-refractivity contribution in [2.24, 2.45) is 0 Å². The molecule has 3 atom stereocenters. The van der Waals surface area contributed by atoms with E-state index in [1.165, 1.54) is 11.1 Å². The van der Waals surface area contributed by atoms with Crippen molar-refractivity contribution < 1.29 is 4.79 Å². The summed E-state index contributed by atoms with van der Waals surface area (Å²) in [5.74, 6) is 0.221. The molecule has 1 amide bonds. The number of hydrogen-bond acceptors (Lipinski definition) is 3. The lowest BCUT2D eigenvalue weighted by Gasteiger charge is -2.32. The van der Waals surface area contributed by atoms with Gasteiger partial charge < -0.3 is 9.80 Å². The van der Waals surface area contributed by atoms with E-state index < -0.39 is 0 Å². The molecule has 0 spiro atoms. The predicted octanol–water partition coefficient (Wildman–Crippen LogP) is 2.15.